The monoisotopic (exact) mass is 444 g/mol. The average molecular weight is 444 g/mol. The molecule has 0 spiro atoms. The molecule has 2 aromatic heterocycles. The summed E-state index contributed by atoms with van der Waals surface area (Å²) >= 11 is 0. The van der Waals surface area contributed by atoms with E-state index < -0.39 is 5.91 Å². The maximum Gasteiger partial charge on any atom is 0.236 e. The fourth-order valence-electron chi connectivity index (χ4n) is 4.16. The lowest BCUT2D eigenvalue weighted by Gasteiger charge is -2.26. The van der Waals surface area contributed by atoms with Gasteiger partial charge >= 0.3 is 0 Å². The van der Waals surface area contributed by atoms with E-state index in [4.69, 9.17) is 25.2 Å². The molecule has 5 rings (SSSR count). The molecule has 9 heteroatoms. The second kappa shape index (κ2) is 8.42. The van der Waals surface area contributed by atoms with Crippen LogP contribution >= 0.6 is 0 Å². The number of H-pyrrole nitrogens is 1. The van der Waals surface area contributed by atoms with Crippen molar-refractivity contribution in [3.05, 3.63) is 60.2 Å². The summed E-state index contributed by atoms with van der Waals surface area (Å²) in [7, 11) is 3.45. The second-order valence-electron chi connectivity index (χ2n) is 8.13. The Balaban J connectivity index is 1.58. The molecular formula is C24H24N6O3. The molecule has 3 N–H and O–H groups in total. The summed E-state index contributed by atoms with van der Waals surface area (Å²) in [6.45, 7) is 0.513. The third kappa shape index (κ3) is 4.05. The van der Waals surface area contributed by atoms with Gasteiger partial charge in [0.1, 0.15) is 23.1 Å². The Morgan fingerprint density at radius 3 is 2.88 bits per heavy atom. The fraction of sp³-hybridized carbons (Fsp3) is 0.250. The summed E-state index contributed by atoms with van der Waals surface area (Å²) in [4.78, 5) is 23.2. The quantitative estimate of drug-likeness (QED) is 0.469. The zero-order valence-electron chi connectivity index (χ0n) is 18.4. The minimum Gasteiger partial charge on any atom is -0.497 e. The van der Waals surface area contributed by atoms with E-state index in [1.807, 2.05) is 42.6 Å². The third-order valence-electron chi connectivity index (χ3n) is 5.82. The largest absolute Gasteiger partial charge is 0.497 e. The number of carbonyl (C=O) groups excluding carboxylic acids is 1. The van der Waals surface area contributed by atoms with Gasteiger partial charge in [-0.1, -0.05) is 6.07 Å². The van der Waals surface area contributed by atoms with Gasteiger partial charge in [-0.15, -0.1) is 0 Å². The Kier molecular flexibility index (Phi) is 5.29. The number of hydrogen-bond donors (Lipinski definition) is 2. The van der Waals surface area contributed by atoms with Gasteiger partial charge in [0.2, 0.25) is 5.91 Å². The molecule has 0 saturated heterocycles. The minimum atomic E-state index is -0.432. The summed E-state index contributed by atoms with van der Waals surface area (Å²) in [5.41, 5.74) is 9.24. The van der Waals surface area contributed by atoms with Crippen molar-refractivity contribution in [2.45, 2.75) is 12.3 Å². The number of hydrogen-bond acceptors (Lipinski definition) is 7. The molecule has 0 saturated carbocycles. The number of nitrogens with zero attached hydrogens (tertiary/aromatic N) is 4. The molecule has 9 nitrogen and oxygen atoms in total. The average Bonchev–Trinajstić information content (AvgIpc) is 3.37. The number of fused-ring (bicyclic) bond motifs is 2. The summed E-state index contributed by atoms with van der Waals surface area (Å²) in [5, 5.41) is 7.70. The van der Waals surface area contributed by atoms with Crippen molar-refractivity contribution in [1.82, 2.24) is 20.2 Å². The van der Waals surface area contributed by atoms with Crippen molar-refractivity contribution in [2.75, 3.05) is 32.2 Å². The normalized spacial score (nSPS) is 15.0. The van der Waals surface area contributed by atoms with Gasteiger partial charge in [-0.25, -0.2) is 9.97 Å². The highest BCUT2D eigenvalue weighted by atomic mass is 16.5. The van der Waals surface area contributed by atoms with E-state index in [0.717, 1.165) is 45.5 Å². The lowest BCUT2D eigenvalue weighted by Crippen LogP contribution is -2.32. The van der Waals surface area contributed by atoms with E-state index in [0.29, 0.717) is 18.2 Å². The van der Waals surface area contributed by atoms with Crippen molar-refractivity contribution in [1.29, 1.82) is 0 Å². The molecule has 0 fully saturated rings. The molecule has 0 radical (unpaired) electrons. The Bertz CT molecular complexity index is 1320. The second-order valence-corrected chi connectivity index (χ2v) is 8.13. The molecular weight excluding hydrogens is 420 g/mol. The highest BCUT2D eigenvalue weighted by molar-refractivity contribution is 5.94. The predicted molar refractivity (Wildman–Crippen MR) is 125 cm³/mol. The number of methoxy groups -OCH3 is 1. The van der Waals surface area contributed by atoms with Crippen LogP contribution in [0.25, 0.3) is 22.0 Å². The molecule has 1 aliphatic heterocycles. The van der Waals surface area contributed by atoms with Gasteiger partial charge in [-0.3, -0.25) is 9.89 Å². The Morgan fingerprint density at radius 1 is 1.24 bits per heavy atom. The van der Waals surface area contributed by atoms with E-state index in [-0.39, 0.29) is 12.5 Å². The first kappa shape index (κ1) is 20.7. The van der Waals surface area contributed by atoms with Gasteiger partial charge in [-0.2, -0.15) is 5.10 Å². The summed E-state index contributed by atoms with van der Waals surface area (Å²) < 4.78 is 11.4. The van der Waals surface area contributed by atoms with E-state index in [2.05, 4.69) is 10.2 Å². The van der Waals surface area contributed by atoms with Crippen LogP contribution in [0.5, 0.6) is 11.5 Å². The number of aromatic nitrogens is 4. The third-order valence-corrected chi connectivity index (χ3v) is 5.82. The Labute approximate surface area is 190 Å². The number of amides is 1. The van der Waals surface area contributed by atoms with Crippen LogP contribution in [0.4, 0.5) is 5.82 Å². The molecule has 168 valence electrons. The highest BCUT2D eigenvalue weighted by Crippen LogP contribution is 2.36. The number of carbonyl (C=O) groups is 1. The van der Waals surface area contributed by atoms with Gasteiger partial charge < -0.3 is 20.1 Å². The predicted octanol–water partition coefficient (Wildman–Crippen LogP) is 2.67. The number of nitrogens with two attached hydrogens (primary N) is 1. The number of aromatic amines is 1. The van der Waals surface area contributed by atoms with Crippen molar-refractivity contribution >= 4 is 22.6 Å². The summed E-state index contributed by atoms with van der Waals surface area (Å²) in [5.74, 6) is 2.48. The van der Waals surface area contributed by atoms with Crippen LogP contribution in [0.1, 0.15) is 17.3 Å². The minimum absolute atomic E-state index is 0.0386. The van der Waals surface area contributed by atoms with Gasteiger partial charge in [-0.05, 0) is 47.9 Å². The van der Waals surface area contributed by atoms with E-state index in [1.165, 1.54) is 0 Å². The van der Waals surface area contributed by atoms with Crippen LogP contribution in [0.2, 0.25) is 0 Å². The topological polar surface area (TPSA) is 119 Å². The number of primary amides is 1. The molecule has 2 aromatic carbocycles. The van der Waals surface area contributed by atoms with Crippen LogP contribution in [0.15, 0.2) is 48.8 Å². The van der Waals surface area contributed by atoms with Gasteiger partial charge in [0.15, 0.2) is 0 Å². The van der Waals surface area contributed by atoms with Crippen molar-refractivity contribution in [3.8, 4) is 22.6 Å². The summed E-state index contributed by atoms with van der Waals surface area (Å²) in [6.07, 6.45) is 4.31. The SMILES string of the molecule is COc1ccc2c(c1)CC(c1nc(N(C)CC(N)=O)c3cc(-c4cn[nH]c4)ccc3n1)CO2. The number of ether oxygens (including phenoxy) is 2. The maximum absolute atomic E-state index is 11.7. The number of nitrogens with one attached hydrogen (secondary N) is 1. The summed E-state index contributed by atoms with van der Waals surface area (Å²) in [6, 6.07) is 11.8. The number of rotatable bonds is 6. The van der Waals surface area contributed by atoms with Gasteiger partial charge in [0.05, 0.1) is 37.9 Å². The number of likely N-dealkylation sites (N-methyl/N-ethyl adjacent to an activating group) is 1. The van der Waals surface area contributed by atoms with Crippen molar-refractivity contribution < 1.29 is 14.3 Å². The molecule has 1 unspecified atom stereocenters. The van der Waals surface area contributed by atoms with Crippen LogP contribution in [0.3, 0.4) is 0 Å². The van der Waals surface area contributed by atoms with Crippen LogP contribution < -0.4 is 20.1 Å². The standard InChI is InChI=1S/C24H24N6O3/c1-30(12-22(25)31)24-19-9-14(17-10-26-27-11-17)3-5-20(19)28-23(29-24)16-7-15-8-18(32-2)4-6-21(15)33-13-16/h3-6,8-11,16H,7,12-13H2,1-2H3,(H2,25,31)(H,26,27). The molecule has 33 heavy (non-hydrogen) atoms. The lowest BCUT2D eigenvalue weighted by atomic mass is 9.95. The number of anilines is 1. The van der Waals surface area contributed by atoms with E-state index in [1.54, 1.807) is 25.3 Å². The van der Waals surface area contributed by atoms with E-state index in [9.17, 15) is 4.79 Å². The smallest absolute Gasteiger partial charge is 0.236 e. The van der Waals surface area contributed by atoms with E-state index >= 15 is 0 Å². The molecule has 1 amide bonds. The first-order valence-corrected chi connectivity index (χ1v) is 10.6. The fourth-order valence-corrected chi connectivity index (χ4v) is 4.16. The molecule has 0 bridgehead atoms. The lowest BCUT2D eigenvalue weighted by molar-refractivity contribution is -0.116. The van der Waals surface area contributed by atoms with Crippen molar-refractivity contribution in [3.63, 3.8) is 0 Å². The first-order chi connectivity index (χ1) is 16.0. The molecule has 3 heterocycles. The Morgan fingerprint density at radius 2 is 2.12 bits per heavy atom. The van der Waals surface area contributed by atoms with Crippen LogP contribution in [-0.4, -0.2) is 53.4 Å². The highest BCUT2D eigenvalue weighted by Gasteiger charge is 2.26. The van der Waals surface area contributed by atoms with Crippen LogP contribution in [-0.2, 0) is 11.2 Å². The van der Waals surface area contributed by atoms with Crippen LogP contribution in [0, 0.1) is 0 Å². The maximum atomic E-state index is 11.7. The number of benzene rings is 2. The van der Waals surface area contributed by atoms with Gasteiger partial charge in [0, 0.05) is 24.2 Å². The molecule has 0 aliphatic carbocycles. The molecule has 1 aliphatic rings. The zero-order chi connectivity index (χ0) is 22.9. The molecule has 4 aromatic rings. The Hall–Kier alpha value is -4.14. The van der Waals surface area contributed by atoms with Gasteiger partial charge in [0.25, 0.3) is 0 Å². The zero-order valence-corrected chi connectivity index (χ0v) is 18.4. The first-order valence-electron chi connectivity index (χ1n) is 10.6. The van der Waals surface area contributed by atoms with Crippen molar-refractivity contribution in [2.24, 2.45) is 5.73 Å². The molecule has 1 atom stereocenters.